The molecule has 7 heteroatoms. The summed E-state index contributed by atoms with van der Waals surface area (Å²) in [5.41, 5.74) is 0.582. The molecule has 4 nitrogen and oxygen atoms in total. The number of carbonyl (C=O) groups is 1. The predicted molar refractivity (Wildman–Crippen MR) is 74.4 cm³/mol. The highest BCUT2D eigenvalue weighted by Crippen LogP contribution is 2.21. The van der Waals surface area contributed by atoms with Gasteiger partial charge in [-0.05, 0) is 41.9 Å². The first kappa shape index (κ1) is 14.6. The number of rotatable bonds is 3. The van der Waals surface area contributed by atoms with Crippen LogP contribution < -0.4 is 5.32 Å². The van der Waals surface area contributed by atoms with Gasteiger partial charge in [0.05, 0.1) is 22.1 Å². The number of amides is 1. The molecule has 0 saturated heterocycles. The Morgan fingerprint density at radius 2 is 2.15 bits per heavy atom. The molecule has 0 radical (unpaired) electrons. The molecule has 1 heterocycles. The van der Waals surface area contributed by atoms with Crippen molar-refractivity contribution in [1.29, 1.82) is 0 Å². The highest BCUT2D eigenvalue weighted by molar-refractivity contribution is 9.10. The van der Waals surface area contributed by atoms with E-state index in [0.717, 1.165) is 28.4 Å². The molecule has 0 fully saturated rings. The van der Waals surface area contributed by atoms with E-state index in [1.807, 2.05) is 0 Å². The first-order valence-electron chi connectivity index (χ1n) is 5.85. The minimum Gasteiger partial charge on any atom is -0.322 e. The summed E-state index contributed by atoms with van der Waals surface area (Å²) >= 11 is 3.30. The van der Waals surface area contributed by atoms with Crippen LogP contribution in [0.1, 0.15) is 18.7 Å². The molecule has 2 rings (SSSR count). The minimum atomic E-state index is -0.690. The number of benzene rings is 1. The molecule has 0 spiro atoms. The molecule has 0 aliphatic heterocycles. The summed E-state index contributed by atoms with van der Waals surface area (Å²) < 4.78 is 28.8. The number of nitrogens with one attached hydrogen (secondary N) is 1. The molecule has 0 aliphatic carbocycles. The Kier molecular flexibility index (Phi) is 4.17. The maximum atomic E-state index is 13.5. The Balaban J connectivity index is 2.20. The fourth-order valence-corrected chi connectivity index (χ4v) is 2.01. The van der Waals surface area contributed by atoms with Gasteiger partial charge in [-0.1, -0.05) is 0 Å². The van der Waals surface area contributed by atoms with E-state index in [2.05, 4.69) is 26.3 Å². The number of hydrogen-bond donors (Lipinski definition) is 1. The zero-order chi connectivity index (χ0) is 14.9. The van der Waals surface area contributed by atoms with Crippen molar-refractivity contribution in [3.63, 3.8) is 0 Å². The van der Waals surface area contributed by atoms with Crippen molar-refractivity contribution in [2.75, 3.05) is 5.32 Å². The Morgan fingerprint density at radius 1 is 1.45 bits per heavy atom. The van der Waals surface area contributed by atoms with E-state index >= 15 is 0 Å². The van der Waals surface area contributed by atoms with Gasteiger partial charge in [-0.3, -0.25) is 9.48 Å². The van der Waals surface area contributed by atoms with E-state index in [-0.39, 0.29) is 5.69 Å². The van der Waals surface area contributed by atoms with Gasteiger partial charge in [0.1, 0.15) is 17.7 Å². The standard InChI is InChI=1S/C13H12BrF2N3O/c1-7-10(14)6-17-19(7)8(2)13(20)18-12-5-9(15)3-4-11(12)16/h3-6,8H,1-2H3,(H,18,20)/t8-/m0/s1. The third-order valence-electron chi connectivity index (χ3n) is 2.92. The largest absolute Gasteiger partial charge is 0.322 e. The molecule has 1 aromatic carbocycles. The van der Waals surface area contributed by atoms with Gasteiger partial charge in [0.15, 0.2) is 0 Å². The van der Waals surface area contributed by atoms with Crippen LogP contribution in [0.4, 0.5) is 14.5 Å². The molecule has 20 heavy (non-hydrogen) atoms. The van der Waals surface area contributed by atoms with Crippen LogP contribution in [0.3, 0.4) is 0 Å². The van der Waals surface area contributed by atoms with Gasteiger partial charge in [-0.25, -0.2) is 8.78 Å². The van der Waals surface area contributed by atoms with Gasteiger partial charge >= 0.3 is 0 Å². The lowest BCUT2D eigenvalue weighted by atomic mass is 10.2. The second-order valence-corrected chi connectivity index (χ2v) is 5.17. The Hall–Kier alpha value is -1.76. The van der Waals surface area contributed by atoms with Crippen LogP contribution in [0.5, 0.6) is 0 Å². The number of nitrogens with zero attached hydrogens (tertiary/aromatic N) is 2. The Labute approximate surface area is 122 Å². The molecular formula is C13H12BrF2N3O. The van der Waals surface area contributed by atoms with Gasteiger partial charge in [0.2, 0.25) is 5.91 Å². The first-order valence-corrected chi connectivity index (χ1v) is 6.65. The normalized spacial score (nSPS) is 12.2. The first-order chi connectivity index (χ1) is 9.40. The Bertz CT molecular complexity index is 657. The van der Waals surface area contributed by atoms with Crippen molar-refractivity contribution in [1.82, 2.24) is 9.78 Å². The number of halogens is 3. The van der Waals surface area contributed by atoms with Crippen molar-refractivity contribution < 1.29 is 13.6 Å². The highest BCUT2D eigenvalue weighted by atomic mass is 79.9. The third kappa shape index (κ3) is 2.87. The summed E-state index contributed by atoms with van der Waals surface area (Å²) in [7, 11) is 0. The molecule has 1 atom stereocenters. The molecule has 0 saturated carbocycles. The molecule has 1 amide bonds. The number of anilines is 1. The quantitative estimate of drug-likeness (QED) is 0.927. The molecule has 0 bridgehead atoms. The number of hydrogen-bond acceptors (Lipinski definition) is 2. The highest BCUT2D eigenvalue weighted by Gasteiger charge is 2.19. The van der Waals surface area contributed by atoms with E-state index in [1.165, 1.54) is 4.68 Å². The summed E-state index contributed by atoms with van der Waals surface area (Å²) in [6.07, 6.45) is 1.57. The van der Waals surface area contributed by atoms with Crippen LogP contribution in [-0.4, -0.2) is 15.7 Å². The lowest BCUT2D eigenvalue weighted by molar-refractivity contribution is -0.119. The van der Waals surface area contributed by atoms with Crippen LogP contribution in [0, 0.1) is 18.6 Å². The van der Waals surface area contributed by atoms with E-state index in [0.29, 0.717) is 0 Å². The van der Waals surface area contributed by atoms with E-state index in [4.69, 9.17) is 0 Å². The van der Waals surface area contributed by atoms with Crippen molar-refractivity contribution in [3.8, 4) is 0 Å². The monoisotopic (exact) mass is 343 g/mol. The topological polar surface area (TPSA) is 46.9 Å². The third-order valence-corrected chi connectivity index (χ3v) is 3.70. The van der Waals surface area contributed by atoms with E-state index in [1.54, 1.807) is 20.0 Å². The van der Waals surface area contributed by atoms with Crippen LogP contribution in [0.25, 0.3) is 0 Å². The van der Waals surface area contributed by atoms with Crippen molar-refractivity contribution in [2.24, 2.45) is 0 Å². The fourth-order valence-electron chi connectivity index (χ4n) is 1.73. The average molecular weight is 344 g/mol. The lowest BCUT2D eigenvalue weighted by Gasteiger charge is -2.15. The fraction of sp³-hybridized carbons (Fsp3) is 0.231. The zero-order valence-corrected chi connectivity index (χ0v) is 12.4. The molecule has 1 aromatic heterocycles. The molecule has 1 N–H and O–H groups in total. The minimum absolute atomic E-state index is 0.189. The van der Waals surface area contributed by atoms with E-state index in [9.17, 15) is 13.6 Å². The smallest absolute Gasteiger partial charge is 0.249 e. The zero-order valence-electron chi connectivity index (χ0n) is 10.8. The molecule has 0 aliphatic rings. The molecule has 2 aromatic rings. The Morgan fingerprint density at radius 3 is 2.75 bits per heavy atom. The van der Waals surface area contributed by atoms with Crippen LogP contribution >= 0.6 is 15.9 Å². The summed E-state index contributed by atoms with van der Waals surface area (Å²) in [6, 6.07) is 2.24. The predicted octanol–water partition coefficient (Wildman–Crippen LogP) is 3.43. The van der Waals surface area contributed by atoms with Crippen molar-refractivity contribution >= 4 is 27.5 Å². The SMILES string of the molecule is Cc1c(Br)cnn1[C@@H](C)C(=O)Nc1cc(F)ccc1F. The summed E-state index contributed by atoms with van der Waals surface area (Å²) in [6.45, 7) is 3.42. The van der Waals surface area contributed by atoms with Gasteiger partial charge in [-0.15, -0.1) is 0 Å². The van der Waals surface area contributed by atoms with E-state index < -0.39 is 23.6 Å². The lowest BCUT2D eigenvalue weighted by Crippen LogP contribution is -2.25. The summed E-state index contributed by atoms with van der Waals surface area (Å²) in [5, 5.41) is 6.41. The van der Waals surface area contributed by atoms with Crippen LogP contribution in [0.2, 0.25) is 0 Å². The number of aromatic nitrogens is 2. The summed E-state index contributed by atoms with van der Waals surface area (Å²) in [5.74, 6) is -1.79. The van der Waals surface area contributed by atoms with Gasteiger partial charge < -0.3 is 5.32 Å². The van der Waals surface area contributed by atoms with Crippen molar-refractivity contribution in [3.05, 3.63) is 46.2 Å². The van der Waals surface area contributed by atoms with Gasteiger partial charge in [-0.2, -0.15) is 5.10 Å². The van der Waals surface area contributed by atoms with Crippen LogP contribution in [-0.2, 0) is 4.79 Å². The summed E-state index contributed by atoms with van der Waals surface area (Å²) in [4.78, 5) is 12.1. The second-order valence-electron chi connectivity index (χ2n) is 4.31. The maximum Gasteiger partial charge on any atom is 0.249 e. The second kappa shape index (κ2) is 5.70. The molecule has 106 valence electrons. The van der Waals surface area contributed by atoms with Gasteiger partial charge in [0, 0.05) is 6.07 Å². The average Bonchev–Trinajstić information content (AvgIpc) is 2.73. The van der Waals surface area contributed by atoms with Crippen molar-refractivity contribution in [2.45, 2.75) is 19.9 Å². The molecule has 0 unspecified atom stereocenters. The maximum absolute atomic E-state index is 13.5. The van der Waals surface area contributed by atoms with Crippen LogP contribution in [0.15, 0.2) is 28.9 Å². The number of carbonyl (C=O) groups excluding carboxylic acids is 1. The van der Waals surface area contributed by atoms with Gasteiger partial charge in [0.25, 0.3) is 0 Å². The molecular weight excluding hydrogens is 332 g/mol.